The number of halogens is 1. The van der Waals surface area contributed by atoms with Gasteiger partial charge in [-0.05, 0) is 43.5 Å². The first kappa shape index (κ1) is 15.4. The lowest BCUT2D eigenvalue weighted by Gasteiger charge is -2.30. The minimum atomic E-state index is 0.550. The minimum Gasteiger partial charge on any atom is -0.381 e. The van der Waals surface area contributed by atoms with Gasteiger partial charge in [0.15, 0.2) is 0 Å². The van der Waals surface area contributed by atoms with Crippen molar-refractivity contribution in [3.05, 3.63) is 28.7 Å². The maximum absolute atomic E-state index is 5.62. The third-order valence-electron chi connectivity index (χ3n) is 3.46. The van der Waals surface area contributed by atoms with E-state index in [2.05, 4.69) is 52.4 Å². The standard InChI is InChI=1S/C15H22BrNOS/c1-2-17-15(12-5-4-8-18-10-12)11-19-14-7-3-6-13(16)9-14/h3,6-7,9,12,15,17H,2,4-5,8,10-11H2,1H3. The van der Waals surface area contributed by atoms with Crippen molar-refractivity contribution >= 4 is 27.7 Å². The highest BCUT2D eigenvalue weighted by atomic mass is 79.9. The van der Waals surface area contributed by atoms with Crippen molar-refractivity contribution in [1.29, 1.82) is 0 Å². The van der Waals surface area contributed by atoms with Gasteiger partial charge in [-0.15, -0.1) is 11.8 Å². The first-order valence-corrected chi connectivity index (χ1v) is 8.77. The van der Waals surface area contributed by atoms with Crippen LogP contribution in [-0.4, -0.2) is 31.6 Å². The van der Waals surface area contributed by atoms with Crippen LogP contribution in [0.4, 0.5) is 0 Å². The molecule has 4 heteroatoms. The van der Waals surface area contributed by atoms with Crippen LogP contribution >= 0.6 is 27.7 Å². The lowest BCUT2D eigenvalue weighted by atomic mass is 9.95. The fraction of sp³-hybridized carbons (Fsp3) is 0.600. The van der Waals surface area contributed by atoms with Gasteiger partial charge in [-0.3, -0.25) is 0 Å². The fourth-order valence-electron chi connectivity index (χ4n) is 2.45. The van der Waals surface area contributed by atoms with Crippen LogP contribution in [-0.2, 0) is 4.74 Å². The molecule has 1 aromatic carbocycles. The van der Waals surface area contributed by atoms with Gasteiger partial charge < -0.3 is 10.1 Å². The molecule has 1 N–H and O–H groups in total. The van der Waals surface area contributed by atoms with E-state index in [0.717, 1.165) is 30.0 Å². The van der Waals surface area contributed by atoms with E-state index >= 15 is 0 Å². The van der Waals surface area contributed by atoms with Crippen molar-refractivity contribution in [2.45, 2.75) is 30.7 Å². The van der Waals surface area contributed by atoms with Crippen molar-refractivity contribution in [3.8, 4) is 0 Å². The lowest BCUT2D eigenvalue weighted by molar-refractivity contribution is 0.0429. The van der Waals surface area contributed by atoms with E-state index in [1.54, 1.807) is 0 Å². The number of ether oxygens (including phenoxy) is 1. The van der Waals surface area contributed by atoms with E-state index in [0.29, 0.717) is 12.0 Å². The molecule has 0 aromatic heterocycles. The molecular weight excluding hydrogens is 322 g/mol. The predicted molar refractivity (Wildman–Crippen MR) is 85.9 cm³/mol. The summed E-state index contributed by atoms with van der Waals surface area (Å²) in [5.74, 6) is 1.77. The molecule has 0 spiro atoms. The van der Waals surface area contributed by atoms with E-state index in [1.807, 2.05) is 11.8 Å². The Balaban J connectivity index is 1.89. The number of thioether (sulfide) groups is 1. The summed E-state index contributed by atoms with van der Waals surface area (Å²) in [6.45, 7) is 5.06. The second-order valence-corrected chi connectivity index (χ2v) is 6.92. The molecule has 0 bridgehead atoms. The average Bonchev–Trinajstić information content (AvgIpc) is 2.44. The molecule has 2 nitrogen and oxygen atoms in total. The van der Waals surface area contributed by atoms with Gasteiger partial charge in [0.1, 0.15) is 0 Å². The number of hydrogen-bond acceptors (Lipinski definition) is 3. The van der Waals surface area contributed by atoms with Crippen LogP contribution in [0.1, 0.15) is 19.8 Å². The Bertz CT molecular complexity index is 382. The van der Waals surface area contributed by atoms with Crippen molar-refractivity contribution in [3.63, 3.8) is 0 Å². The Morgan fingerprint density at radius 1 is 1.53 bits per heavy atom. The maximum Gasteiger partial charge on any atom is 0.0509 e. The summed E-state index contributed by atoms with van der Waals surface area (Å²) >= 11 is 5.46. The summed E-state index contributed by atoms with van der Waals surface area (Å²) in [4.78, 5) is 1.33. The molecule has 1 heterocycles. The second-order valence-electron chi connectivity index (χ2n) is 4.91. The third-order valence-corrected chi connectivity index (χ3v) is 5.06. The normalized spacial score (nSPS) is 21.3. The van der Waals surface area contributed by atoms with Gasteiger partial charge >= 0.3 is 0 Å². The van der Waals surface area contributed by atoms with E-state index in [9.17, 15) is 0 Å². The third kappa shape index (κ3) is 5.10. The van der Waals surface area contributed by atoms with E-state index in [-0.39, 0.29) is 0 Å². The van der Waals surface area contributed by atoms with Crippen LogP contribution in [0, 0.1) is 5.92 Å². The van der Waals surface area contributed by atoms with Crippen LogP contribution < -0.4 is 5.32 Å². The zero-order valence-corrected chi connectivity index (χ0v) is 13.8. The van der Waals surface area contributed by atoms with Crippen molar-refractivity contribution < 1.29 is 4.74 Å². The summed E-state index contributed by atoms with van der Waals surface area (Å²) in [7, 11) is 0. The monoisotopic (exact) mass is 343 g/mol. The van der Waals surface area contributed by atoms with Crippen LogP contribution in [0.3, 0.4) is 0 Å². The van der Waals surface area contributed by atoms with Crippen molar-refractivity contribution in [2.24, 2.45) is 5.92 Å². The average molecular weight is 344 g/mol. The predicted octanol–water partition coefficient (Wildman–Crippen LogP) is 3.95. The summed E-state index contributed by atoms with van der Waals surface area (Å²) in [5, 5.41) is 3.62. The summed E-state index contributed by atoms with van der Waals surface area (Å²) < 4.78 is 6.78. The molecule has 19 heavy (non-hydrogen) atoms. The molecule has 0 amide bonds. The summed E-state index contributed by atoms with van der Waals surface area (Å²) in [6.07, 6.45) is 2.49. The molecule has 1 aromatic rings. The Kier molecular flexibility index (Phi) is 6.71. The van der Waals surface area contributed by atoms with Gasteiger partial charge in [0.25, 0.3) is 0 Å². The highest BCUT2D eigenvalue weighted by molar-refractivity contribution is 9.10. The Labute approximate surface area is 128 Å². The topological polar surface area (TPSA) is 21.3 Å². The van der Waals surface area contributed by atoms with Gasteiger partial charge in [0.05, 0.1) is 6.61 Å². The number of rotatable bonds is 6. The first-order valence-electron chi connectivity index (χ1n) is 6.99. The fourth-order valence-corrected chi connectivity index (χ4v) is 4.15. The molecule has 106 valence electrons. The van der Waals surface area contributed by atoms with Gasteiger partial charge in [-0.2, -0.15) is 0 Å². The molecule has 2 unspecified atom stereocenters. The molecule has 0 saturated carbocycles. The van der Waals surface area contributed by atoms with Crippen LogP contribution in [0.15, 0.2) is 33.6 Å². The number of benzene rings is 1. The second kappa shape index (κ2) is 8.30. The SMILES string of the molecule is CCNC(CSc1cccc(Br)c1)C1CCCOC1. The van der Waals surface area contributed by atoms with Crippen molar-refractivity contribution in [2.75, 3.05) is 25.5 Å². The zero-order valence-electron chi connectivity index (χ0n) is 11.4. The molecular formula is C15H22BrNOS. The molecule has 1 saturated heterocycles. The number of hydrogen-bond donors (Lipinski definition) is 1. The van der Waals surface area contributed by atoms with Crippen molar-refractivity contribution in [1.82, 2.24) is 5.32 Å². The first-order chi connectivity index (χ1) is 9.29. The van der Waals surface area contributed by atoms with E-state index < -0.39 is 0 Å². The highest BCUT2D eigenvalue weighted by Gasteiger charge is 2.23. The summed E-state index contributed by atoms with van der Waals surface area (Å²) in [6, 6.07) is 9.08. The molecule has 2 rings (SSSR count). The number of nitrogens with one attached hydrogen (secondary N) is 1. The molecule has 1 fully saturated rings. The molecule has 2 atom stereocenters. The summed E-state index contributed by atoms with van der Waals surface area (Å²) in [5.41, 5.74) is 0. The highest BCUT2D eigenvalue weighted by Crippen LogP contribution is 2.26. The van der Waals surface area contributed by atoms with Crippen LogP contribution in [0.5, 0.6) is 0 Å². The van der Waals surface area contributed by atoms with E-state index in [1.165, 1.54) is 17.7 Å². The Hall–Kier alpha value is -0.0300. The van der Waals surface area contributed by atoms with Gasteiger partial charge in [-0.25, -0.2) is 0 Å². The lowest BCUT2D eigenvalue weighted by Crippen LogP contribution is -2.41. The molecule has 0 aliphatic carbocycles. The Morgan fingerprint density at radius 3 is 3.11 bits per heavy atom. The van der Waals surface area contributed by atoms with Gasteiger partial charge in [-0.1, -0.05) is 28.9 Å². The van der Waals surface area contributed by atoms with Crippen LogP contribution in [0.25, 0.3) is 0 Å². The van der Waals surface area contributed by atoms with Gasteiger partial charge in [0.2, 0.25) is 0 Å². The smallest absolute Gasteiger partial charge is 0.0509 e. The zero-order chi connectivity index (χ0) is 13.5. The molecule has 1 aliphatic heterocycles. The van der Waals surface area contributed by atoms with Crippen LogP contribution in [0.2, 0.25) is 0 Å². The molecule has 1 aliphatic rings. The van der Waals surface area contributed by atoms with Gasteiger partial charge in [0, 0.05) is 27.8 Å². The quantitative estimate of drug-likeness (QED) is 0.790. The maximum atomic E-state index is 5.62. The molecule has 0 radical (unpaired) electrons. The van der Waals surface area contributed by atoms with E-state index in [4.69, 9.17) is 4.74 Å². The largest absolute Gasteiger partial charge is 0.381 e. The minimum absolute atomic E-state index is 0.550. The Morgan fingerprint density at radius 2 is 2.42 bits per heavy atom.